The highest BCUT2D eigenvalue weighted by atomic mass is 16.5. The van der Waals surface area contributed by atoms with Gasteiger partial charge in [0.25, 0.3) is 5.91 Å². The van der Waals surface area contributed by atoms with Gasteiger partial charge in [-0.1, -0.05) is 18.2 Å². The molecular formula is C24H19N3O2. The molecule has 2 aromatic carbocycles. The number of ether oxygens (including phenoxy) is 1. The standard InChI is InChI=1S/C24H19N3O2/c28-24(20-6-8-22(9-7-20)29-21-4-2-1-3-5-21)27-17-18-10-15-26-23(16-18)19-11-13-25-14-12-19/h1-16H,17H2,(H,27,28). The van der Waals surface area contributed by atoms with Crippen molar-refractivity contribution >= 4 is 5.91 Å². The minimum absolute atomic E-state index is 0.140. The predicted molar refractivity (Wildman–Crippen MR) is 112 cm³/mol. The van der Waals surface area contributed by atoms with E-state index in [2.05, 4.69) is 15.3 Å². The highest BCUT2D eigenvalue weighted by Crippen LogP contribution is 2.21. The molecule has 0 bridgehead atoms. The zero-order valence-electron chi connectivity index (χ0n) is 15.7. The van der Waals surface area contributed by atoms with Crippen molar-refractivity contribution < 1.29 is 9.53 Å². The van der Waals surface area contributed by atoms with Gasteiger partial charge in [0.2, 0.25) is 0 Å². The predicted octanol–water partition coefficient (Wildman–Crippen LogP) is 4.87. The Bertz CT molecular complexity index is 1080. The Morgan fingerprint density at radius 2 is 1.55 bits per heavy atom. The van der Waals surface area contributed by atoms with Gasteiger partial charge in [-0.2, -0.15) is 0 Å². The molecular weight excluding hydrogens is 362 g/mol. The summed E-state index contributed by atoms with van der Waals surface area (Å²) < 4.78 is 5.75. The smallest absolute Gasteiger partial charge is 0.251 e. The van der Waals surface area contributed by atoms with Gasteiger partial charge in [-0.3, -0.25) is 14.8 Å². The molecule has 1 N–H and O–H groups in total. The van der Waals surface area contributed by atoms with Gasteiger partial charge in [0, 0.05) is 36.3 Å². The number of para-hydroxylation sites is 1. The molecule has 5 nitrogen and oxygen atoms in total. The number of hydrogen-bond donors (Lipinski definition) is 1. The van der Waals surface area contributed by atoms with E-state index in [-0.39, 0.29) is 5.91 Å². The van der Waals surface area contributed by atoms with E-state index in [1.54, 1.807) is 42.9 Å². The van der Waals surface area contributed by atoms with Crippen molar-refractivity contribution in [2.75, 3.05) is 0 Å². The van der Waals surface area contributed by atoms with Crippen LogP contribution in [0, 0.1) is 0 Å². The second kappa shape index (κ2) is 8.80. The Hall–Kier alpha value is -3.99. The minimum Gasteiger partial charge on any atom is -0.457 e. The number of nitrogens with zero attached hydrogens (tertiary/aromatic N) is 2. The van der Waals surface area contributed by atoms with Crippen LogP contribution in [0.5, 0.6) is 11.5 Å². The van der Waals surface area contributed by atoms with Crippen LogP contribution >= 0.6 is 0 Å². The van der Waals surface area contributed by atoms with Crippen LogP contribution < -0.4 is 10.1 Å². The van der Waals surface area contributed by atoms with Crippen molar-refractivity contribution in [2.24, 2.45) is 0 Å². The molecule has 142 valence electrons. The second-order valence-corrected chi connectivity index (χ2v) is 6.41. The third kappa shape index (κ3) is 4.84. The van der Waals surface area contributed by atoms with Crippen molar-refractivity contribution in [3.05, 3.63) is 109 Å². The van der Waals surface area contributed by atoms with Crippen molar-refractivity contribution in [1.29, 1.82) is 0 Å². The van der Waals surface area contributed by atoms with E-state index in [0.717, 1.165) is 22.6 Å². The Kier molecular flexibility index (Phi) is 5.58. The SMILES string of the molecule is O=C(NCc1ccnc(-c2ccncc2)c1)c1ccc(Oc2ccccc2)cc1. The first-order chi connectivity index (χ1) is 14.3. The van der Waals surface area contributed by atoms with Crippen LogP contribution in [0.3, 0.4) is 0 Å². The van der Waals surface area contributed by atoms with Crippen molar-refractivity contribution in [3.8, 4) is 22.8 Å². The molecule has 2 aromatic heterocycles. The molecule has 0 atom stereocenters. The fourth-order valence-corrected chi connectivity index (χ4v) is 2.85. The van der Waals surface area contributed by atoms with Crippen molar-refractivity contribution in [2.45, 2.75) is 6.54 Å². The molecule has 4 rings (SSSR count). The lowest BCUT2D eigenvalue weighted by Gasteiger charge is -2.09. The summed E-state index contributed by atoms with van der Waals surface area (Å²) in [5.74, 6) is 1.30. The summed E-state index contributed by atoms with van der Waals surface area (Å²) >= 11 is 0. The van der Waals surface area contributed by atoms with Crippen molar-refractivity contribution in [1.82, 2.24) is 15.3 Å². The molecule has 2 heterocycles. The van der Waals surface area contributed by atoms with E-state index >= 15 is 0 Å². The second-order valence-electron chi connectivity index (χ2n) is 6.41. The topological polar surface area (TPSA) is 64.1 Å². The number of carbonyl (C=O) groups excluding carboxylic acids is 1. The largest absolute Gasteiger partial charge is 0.457 e. The normalized spacial score (nSPS) is 10.3. The molecule has 0 saturated carbocycles. The zero-order valence-corrected chi connectivity index (χ0v) is 15.7. The number of hydrogen-bond acceptors (Lipinski definition) is 4. The molecule has 0 unspecified atom stereocenters. The number of benzene rings is 2. The monoisotopic (exact) mass is 381 g/mol. The quantitative estimate of drug-likeness (QED) is 0.518. The van der Waals surface area contributed by atoms with Crippen molar-refractivity contribution in [3.63, 3.8) is 0 Å². The number of pyridine rings is 2. The molecule has 0 aliphatic heterocycles. The Morgan fingerprint density at radius 3 is 2.31 bits per heavy atom. The van der Waals surface area contributed by atoms with E-state index in [1.165, 1.54) is 0 Å². The number of amides is 1. The highest BCUT2D eigenvalue weighted by molar-refractivity contribution is 5.94. The molecule has 29 heavy (non-hydrogen) atoms. The van der Waals surface area contributed by atoms with Gasteiger partial charge in [-0.15, -0.1) is 0 Å². The third-order valence-corrected chi connectivity index (χ3v) is 4.35. The van der Waals surface area contributed by atoms with E-state index in [9.17, 15) is 4.79 Å². The molecule has 4 aromatic rings. The molecule has 0 fully saturated rings. The summed E-state index contributed by atoms with van der Waals surface area (Å²) in [6.07, 6.45) is 5.21. The van der Waals surface area contributed by atoms with Gasteiger partial charge in [-0.25, -0.2) is 0 Å². The van der Waals surface area contributed by atoms with Crippen LogP contribution in [-0.2, 0) is 6.54 Å². The molecule has 0 aliphatic rings. The first-order valence-electron chi connectivity index (χ1n) is 9.24. The van der Waals surface area contributed by atoms with Crippen LogP contribution in [-0.4, -0.2) is 15.9 Å². The Balaban J connectivity index is 1.37. The maximum Gasteiger partial charge on any atom is 0.251 e. The Labute approximate surface area is 169 Å². The number of aromatic nitrogens is 2. The fraction of sp³-hybridized carbons (Fsp3) is 0.0417. The zero-order chi connectivity index (χ0) is 19.9. The maximum atomic E-state index is 12.5. The third-order valence-electron chi connectivity index (χ3n) is 4.35. The van der Waals surface area contributed by atoms with Gasteiger partial charge >= 0.3 is 0 Å². The Morgan fingerprint density at radius 1 is 0.828 bits per heavy atom. The number of rotatable bonds is 6. The summed E-state index contributed by atoms with van der Waals surface area (Å²) in [6.45, 7) is 0.418. The lowest BCUT2D eigenvalue weighted by molar-refractivity contribution is 0.0951. The van der Waals surface area contributed by atoms with Crippen LogP contribution in [0.15, 0.2) is 97.5 Å². The van der Waals surface area contributed by atoms with Gasteiger partial charge < -0.3 is 10.1 Å². The summed E-state index contributed by atoms with van der Waals surface area (Å²) in [5.41, 5.74) is 3.39. The number of nitrogens with one attached hydrogen (secondary N) is 1. The molecule has 0 saturated heterocycles. The average Bonchev–Trinajstić information content (AvgIpc) is 2.79. The molecule has 0 aliphatic carbocycles. The van der Waals surface area contributed by atoms with Crippen LogP contribution in [0.25, 0.3) is 11.3 Å². The summed E-state index contributed by atoms with van der Waals surface area (Å²) in [7, 11) is 0. The van der Waals surface area contributed by atoms with Gasteiger partial charge in [0.15, 0.2) is 0 Å². The van der Waals surface area contributed by atoms with Crippen LogP contribution in [0.1, 0.15) is 15.9 Å². The van der Waals surface area contributed by atoms with E-state index in [0.29, 0.717) is 17.9 Å². The van der Waals surface area contributed by atoms with E-state index in [4.69, 9.17) is 4.74 Å². The summed E-state index contributed by atoms with van der Waals surface area (Å²) in [4.78, 5) is 20.9. The minimum atomic E-state index is -0.140. The van der Waals surface area contributed by atoms with E-state index in [1.807, 2.05) is 54.6 Å². The summed E-state index contributed by atoms with van der Waals surface area (Å²) in [6, 6.07) is 24.3. The van der Waals surface area contributed by atoms with Gasteiger partial charge in [0.05, 0.1) is 5.69 Å². The molecule has 5 heteroatoms. The molecule has 1 amide bonds. The maximum absolute atomic E-state index is 12.5. The molecule has 0 radical (unpaired) electrons. The first-order valence-corrected chi connectivity index (χ1v) is 9.24. The van der Waals surface area contributed by atoms with E-state index < -0.39 is 0 Å². The number of carbonyl (C=O) groups is 1. The summed E-state index contributed by atoms with van der Waals surface area (Å²) in [5, 5.41) is 2.94. The fourth-order valence-electron chi connectivity index (χ4n) is 2.85. The lowest BCUT2D eigenvalue weighted by Crippen LogP contribution is -2.22. The first kappa shape index (κ1) is 18.4. The average molecular weight is 381 g/mol. The van der Waals surface area contributed by atoms with Crippen LogP contribution in [0.4, 0.5) is 0 Å². The van der Waals surface area contributed by atoms with Gasteiger partial charge in [-0.05, 0) is 66.2 Å². The van der Waals surface area contributed by atoms with Crippen LogP contribution in [0.2, 0.25) is 0 Å². The lowest BCUT2D eigenvalue weighted by atomic mass is 10.1. The molecule has 0 spiro atoms. The van der Waals surface area contributed by atoms with Gasteiger partial charge in [0.1, 0.15) is 11.5 Å². The highest BCUT2D eigenvalue weighted by Gasteiger charge is 2.07.